The van der Waals surface area contributed by atoms with Gasteiger partial charge in [0.05, 0.1) is 32.2 Å². The molecule has 0 aliphatic heterocycles. The highest BCUT2D eigenvalue weighted by atomic mass is 32.2. The summed E-state index contributed by atoms with van der Waals surface area (Å²) in [7, 11) is -6.48. The van der Waals surface area contributed by atoms with Crippen LogP contribution in [0, 0.1) is 13.3 Å². The molecule has 0 radical (unpaired) electrons. The number of carbonyl (C=O) groups excluding carboxylic acids is 3. The van der Waals surface area contributed by atoms with Gasteiger partial charge >= 0.3 is 72.0 Å². The van der Waals surface area contributed by atoms with E-state index in [1.807, 2.05) is 0 Å². The van der Waals surface area contributed by atoms with Crippen LogP contribution < -0.4 is 0 Å². The molecule has 0 N–H and O–H groups in total. The number of alkyl halides is 21. The van der Waals surface area contributed by atoms with Gasteiger partial charge in [0.1, 0.15) is 48.3 Å². The summed E-state index contributed by atoms with van der Waals surface area (Å²) in [6.07, 6.45) is -29.1. The fourth-order valence-corrected chi connectivity index (χ4v) is 4.76. The van der Waals surface area contributed by atoms with Crippen LogP contribution in [-0.2, 0) is 52.9 Å². The van der Waals surface area contributed by atoms with Gasteiger partial charge in [-0.3, -0.25) is 14.4 Å². The normalized spacial score (nSPS) is 16.7. The zero-order valence-electron chi connectivity index (χ0n) is 31.1. The van der Waals surface area contributed by atoms with Crippen LogP contribution in [0.4, 0.5) is 92.2 Å². The standard InChI is InChI=1S/C27H29F21O12S.CH3/c1-11(5-55-8-19(28,29)22(34,35)25(40,41)42)58-15(49)4-14(17(50)59-12(2)6-56-9-20(30,31)23(36,37)26(43,44)45)16(61(52,53)54)18(51)60-13(3)7-57-10-21(32,33)24(38,39)27(46,47)48;/h11-14,16H,4-10H2,1-3H3,(H,52,53,54);1H3/q;+1/p-1. The van der Waals surface area contributed by atoms with Crippen molar-refractivity contribution in [2.45, 2.75) is 105 Å². The molecular weight excluding hydrogens is 959 g/mol. The van der Waals surface area contributed by atoms with E-state index in [-0.39, 0.29) is 7.43 Å². The predicted octanol–water partition coefficient (Wildman–Crippen LogP) is 6.70. The number of carbonyl (C=O) groups is 3. The van der Waals surface area contributed by atoms with Gasteiger partial charge in [-0.25, -0.2) is 8.42 Å². The predicted molar refractivity (Wildman–Crippen MR) is 155 cm³/mol. The minimum absolute atomic E-state index is 0. The first-order valence-corrected chi connectivity index (χ1v) is 17.0. The van der Waals surface area contributed by atoms with Crippen LogP contribution in [0.5, 0.6) is 0 Å². The SMILES string of the molecule is CC(COCC(F)(F)C(F)(F)C(F)(F)F)OC(=O)CC(C(=O)OC(C)COCC(F)(F)C(F)(F)C(F)(F)F)C(C(=O)OC(C)COCC(F)(F)C(F)(F)C(F)(F)F)S(=O)(=O)[O-].[CH3+]. The molecular formula is C28H31F21O12S. The minimum Gasteiger partial charge on any atom is -0.747 e. The van der Waals surface area contributed by atoms with Crippen molar-refractivity contribution in [2.24, 2.45) is 5.92 Å². The van der Waals surface area contributed by atoms with Crippen molar-refractivity contribution in [3.63, 3.8) is 0 Å². The lowest BCUT2D eigenvalue weighted by Crippen LogP contribution is -2.54. The van der Waals surface area contributed by atoms with Crippen molar-refractivity contribution in [2.75, 3.05) is 39.6 Å². The van der Waals surface area contributed by atoms with Crippen molar-refractivity contribution >= 4 is 28.0 Å². The molecule has 34 heteroatoms. The highest BCUT2D eigenvalue weighted by Crippen LogP contribution is 2.48. The molecule has 12 nitrogen and oxygen atoms in total. The summed E-state index contributed by atoms with van der Waals surface area (Å²) in [4.78, 5) is 38.3. The van der Waals surface area contributed by atoms with E-state index < -0.39 is 158 Å². The Labute approximate surface area is 334 Å². The quantitative estimate of drug-likeness (QED) is 0.0331. The number of esters is 3. The van der Waals surface area contributed by atoms with E-state index in [1.54, 1.807) is 0 Å². The monoisotopic (exact) mass is 990 g/mol. The van der Waals surface area contributed by atoms with E-state index in [0.717, 1.165) is 0 Å². The molecule has 62 heavy (non-hydrogen) atoms. The zero-order valence-corrected chi connectivity index (χ0v) is 31.9. The zero-order chi connectivity index (χ0) is 48.8. The largest absolute Gasteiger partial charge is 0.747 e. The highest BCUT2D eigenvalue weighted by Gasteiger charge is 2.75. The van der Waals surface area contributed by atoms with Crippen LogP contribution in [0.2, 0.25) is 0 Å². The first-order chi connectivity index (χ1) is 26.8. The molecule has 5 atom stereocenters. The van der Waals surface area contributed by atoms with Crippen LogP contribution in [0.15, 0.2) is 0 Å². The summed E-state index contributed by atoms with van der Waals surface area (Å²) < 4.78 is 332. The number of halogens is 21. The lowest BCUT2D eigenvalue weighted by molar-refractivity contribution is -0.362. The van der Waals surface area contributed by atoms with Gasteiger partial charge in [0.25, 0.3) is 0 Å². The number of hydrogen-bond donors (Lipinski definition) is 0. The van der Waals surface area contributed by atoms with Gasteiger partial charge in [0, 0.05) is 7.43 Å². The van der Waals surface area contributed by atoms with Crippen molar-refractivity contribution in [1.82, 2.24) is 0 Å². The Morgan fingerprint density at radius 1 is 0.484 bits per heavy atom. The molecule has 0 aromatic heterocycles. The fourth-order valence-electron chi connectivity index (χ4n) is 3.86. The molecule has 0 bridgehead atoms. The molecule has 0 fully saturated rings. The molecule has 0 saturated carbocycles. The molecule has 0 rings (SSSR count). The average Bonchev–Trinajstić information content (AvgIpc) is 3.01. The molecule has 5 unspecified atom stereocenters. The Bertz CT molecular complexity index is 1580. The van der Waals surface area contributed by atoms with E-state index >= 15 is 0 Å². The second kappa shape index (κ2) is 21.1. The fraction of sp³-hybridized carbons (Fsp3) is 0.857. The van der Waals surface area contributed by atoms with E-state index in [1.165, 1.54) is 0 Å². The van der Waals surface area contributed by atoms with E-state index in [0.29, 0.717) is 20.8 Å². The van der Waals surface area contributed by atoms with Gasteiger partial charge in [-0.2, -0.15) is 92.2 Å². The van der Waals surface area contributed by atoms with Crippen molar-refractivity contribution in [3.05, 3.63) is 7.43 Å². The van der Waals surface area contributed by atoms with Gasteiger partial charge < -0.3 is 33.0 Å². The maximum Gasteiger partial charge on any atom is 0.459 e. The summed E-state index contributed by atoms with van der Waals surface area (Å²) in [6, 6.07) is 0. The Hall–Kier alpha value is -3.40. The first-order valence-electron chi connectivity index (χ1n) is 15.6. The lowest BCUT2D eigenvalue weighted by Gasteiger charge is -2.30. The Morgan fingerprint density at radius 3 is 1.00 bits per heavy atom. The van der Waals surface area contributed by atoms with Gasteiger partial charge in [0.2, 0.25) is 0 Å². The Kier molecular flexibility index (Phi) is 20.6. The Balaban J connectivity index is 0. The van der Waals surface area contributed by atoms with E-state index in [4.69, 9.17) is 0 Å². The molecule has 368 valence electrons. The van der Waals surface area contributed by atoms with Crippen LogP contribution >= 0.6 is 0 Å². The van der Waals surface area contributed by atoms with Crippen LogP contribution in [-0.4, -0.2) is 148 Å². The van der Waals surface area contributed by atoms with Crippen molar-refractivity contribution in [1.29, 1.82) is 0 Å². The third-order valence-corrected chi connectivity index (χ3v) is 8.06. The molecule has 0 aromatic rings. The lowest BCUT2D eigenvalue weighted by atomic mass is 10.0. The molecule has 0 saturated heterocycles. The van der Waals surface area contributed by atoms with Crippen LogP contribution in [0.1, 0.15) is 27.2 Å². The minimum atomic E-state index is -6.85. The maximum atomic E-state index is 13.5. The molecule has 0 amide bonds. The summed E-state index contributed by atoms with van der Waals surface area (Å²) in [5, 5.41) is -3.66. The molecule has 0 spiro atoms. The molecule has 0 aliphatic carbocycles. The summed E-state index contributed by atoms with van der Waals surface area (Å²) in [6.45, 7) is -11.5. The first kappa shape index (κ1) is 60.7. The number of rotatable bonds is 24. The Morgan fingerprint density at radius 2 is 0.742 bits per heavy atom. The van der Waals surface area contributed by atoms with Gasteiger partial charge in [-0.15, -0.1) is 0 Å². The topological polar surface area (TPSA) is 164 Å². The van der Waals surface area contributed by atoms with Crippen LogP contribution in [0.3, 0.4) is 0 Å². The number of ether oxygens (including phenoxy) is 6. The summed E-state index contributed by atoms with van der Waals surface area (Å²) in [5.74, 6) is -48.3. The maximum absolute atomic E-state index is 13.5. The van der Waals surface area contributed by atoms with Crippen molar-refractivity contribution in [3.8, 4) is 0 Å². The second-order valence-corrected chi connectivity index (χ2v) is 13.9. The van der Waals surface area contributed by atoms with E-state index in [9.17, 15) is 120 Å². The smallest absolute Gasteiger partial charge is 0.459 e. The van der Waals surface area contributed by atoms with Gasteiger partial charge in [-0.1, -0.05) is 0 Å². The molecule has 0 heterocycles. The number of hydrogen-bond acceptors (Lipinski definition) is 12. The summed E-state index contributed by atoms with van der Waals surface area (Å²) in [5.41, 5.74) is 0. The van der Waals surface area contributed by atoms with Gasteiger partial charge in [0.15, 0.2) is 5.25 Å². The highest BCUT2D eigenvalue weighted by molar-refractivity contribution is 7.87. The van der Waals surface area contributed by atoms with Crippen LogP contribution in [0.25, 0.3) is 0 Å². The summed E-state index contributed by atoms with van der Waals surface area (Å²) >= 11 is 0. The molecule has 0 aromatic carbocycles. The second-order valence-electron chi connectivity index (χ2n) is 12.4. The average molecular weight is 991 g/mol. The molecule has 0 aliphatic rings. The third-order valence-electron chi connectivity index (χ3n) is 6.92. The van der Waals surface area contributed by atoms with Crippen molar-refractivity contribution < 1.29 is 148 Å². The van der Waals surface area contributed by atoms with Gasteiger partial charge in [-0.05, 0) is 20.8 Å². The third kappa shape index (κ3) is 15.7. The van der Waals surface area contributed by atoms with E-state index in [2.05, 4.69) is 28.4 Å².